The summed E-state index contributed by atoms with van der Waals surface area (Å²) >= 11 is 4.30. The second kappa shape index (κ2) is 7.84. The molecule has 0 saturated carbocycles. The van der Waals surface area contributed by atoms with Crippen molar-refractivity contribution in [2.45, 2.75) is 22.3 Å². The number of fused-ring (bicyclic) bond motifs is 1. The Labute approximate surface area is 170 Å². The van der Waals surface area contributed by atoms with Crippen molar-refractivity contribution in [3.05, 3.63) is 23.1 Å². The van der Waals surface area contributed by atoms with Crippen LogP contribution in [0.5, 0.6) is 0 Å². The molecule has 15 heteroatoms. The summed E-state index contributed by atoms with van der Waals surface area (Å²) in [4.78, 5) is 38.1. The summed E-state index contributed by atoms with van der Waals surface area (Å²) in [7, 11) is 0. The van der Waals surface area contributed by atoms with E-state index in [9.17, 15) is 14.4 Å². The van der Waals surface area contributed by atoms with E-state index in [0.29, 0.717) is 11.5 Å². The highest BCUT2D eigenvalue weighted by molar-refractivity contribution is 8.01. The summed E-state index contributed by atoms with van der Waals surface area (Å²) < 4.78 is 2.02. The maximum absolute atomic E-state index is 12.6. The Morgan fingerprint density at radius 1 is 1.39 bits per heavy atom. The van der Waals surface area contributed by atoms with Gasteiger partial charge in [-0.25, -0.2) is 4.68 Å². The Morgan fingerprint density at radius 2 is 2.25 bits per heavy atom. The van der Waals surface area contributed by atoms with E-state index in [-0.39, 0.29) is 23.5 Å². The second-order valence-electron chi connectivity index (χ2n) is 5.77. The number of carbonyl (C=O) groups excluding carboxylic acids is 3. The number of carbonyl (C=O) groups is 3. The van der Waals surface area contributed by atoms with E-state index in [1.54, 1.807) is 5.51 Å². The number of hydrogen-bond acceptors (Lipinski definition) is 11. The van der Waals surface area contributed by atoms with Crippen molar-refractivity contribution < 1.29 is 14.4 Å². The topological polar surface area (TPSA) is 162 Å². The Hall–Kier alpha value is -2.52. The van der Waals surface area contributed by atoms with Crippen molar-refractivity contribution >= 4 is 52.6 Å². The zero-order chi connectivity index (χ0) is 19.7. The maximum atomic E-state index is 12.6. The van der Waals surface area contributed by atoms with E-state index in [1.165, 1.54) is 50.8 Å². The number of nitrogens with zero attached hydrogens (tertiary/aromatic N) is 7. The lowest BCUT2D eigenvalue weighted by molar-refractivity contribution is -0.147. The highest BCUT2D eigenvalue weighted by Crippen LogP contribution is 2.41. The standard InChI is InChI=1S/C13H13N9O3S3/c14-10(24)9-6(3-27-13-18-16-5-28-13)2-26-12-8(11(25)22(9)12)17-7(23)1-21-4-15-19-20-21/h4-5,8,12H,1-3H2,(H2,14,24)(H,17,23)/t8-,12-/m1/s1. The van der Waals surface area contributed by atoms with Crippen LogP contribution in [0, 0.1) is 0 Å². The van der Waals surface area contributed by atoms with Gasteiger partial charge in [-0.3, -0.25) is 19.3 Å². The van der Waals surface area contributed by atoms with Crippen molar-refractivity contribution in [3.63, 3.8) is 0 Å². The lowest BCUT2D eigenvalue weighted by Crippen LogP contribution is -2.71. The first-order chi connectivity index (χ1) is 13.5. The Balaban J connectivity index is 1.44. The highest BCUT2D eigenvalue weighted by Gasteiger charge is 2.53. The van der Waals surface area contributed by atoms with E-state index in [2.05, 4.69) is 31.0 Å². The molecule has 0 spiro atoms. The van der Waals surface area contributed by atoms with Gasteiger partial charge in [0.2, 0.25) is 5.91 Å². The van der Waals surface area contributed by atoms with Crippen LogP contribution in [-0.4, -0.2) is 75.9 Å². The number of β-lactam (4-membered cyclic amide) rings is 1. The molecule has 2 aromatic rings. The largest absolute Gasteiger partial charge is 0.364 e. The lowest BCUT2D eigenvalue weighted by atomic mass is 10.0. The SMILES string of the molecule is NC(=O)C1=C(CSc2nncs2)CS[C@@H]2[C@H](NC(=O)Cn3cnnn3)C(=O)N12. The van der Waals surface area contributed by atoms with Gasteiger partial charge in [-0.2, -0.15) is 0 Å². The molecule has 146 valence electrons. The van der Waals surface area contributed by atoms with Crippen molar-refractivity contribution in [1.29, 1.82) is 0 Å². The molecular formula is C13H13N9O3S3. The number of primary amides is 1. The fraction of sp³-hybridized carbons (Fsp3) is 0.385. The van der Waals surface area contributed by atoms with Gasteiger partial charge >= 0.3 is 0 Å². The average Bonchev–Trinajstić information content (AvgIpc) is 3.37. The number of nitrogens with one attached hydrogen (secondary N) is 1. The van der Waals surface area contributed by atoms with Gasteiger partial charge in [0.1, 0.15) is 35.5 Å². The van der Waals surface area contributed by atoms with Crippen molar-refractivity contribution in [1.82, 2.24) is 40.6 Å². The molecule has 12 nitrogen and oxygen atoms in total. The summed E-state index contributed by atoms with van der Waals surface area (Å²) in [6.07, 6.45) is 1.31. The van der Waals surface area contributed by atoms with E-state index in [4.69, 9.17) is 5.73 Å². The highest BCUT2D eigenvalue weighted by atomic mass is 32.2. The molecule has 0 aliphatic carbocycles. The van der Waals surface area contributed by atoms with Crippen LogP contribution in [0.4, 0.5) is 0 Å². The maximum Gasteiger partial charge on any atom is 0.265 e. The number of thioether (sulfide) groups is 2. The first-order valence-corrected chi connectivity index (χ1v) is 10.8. The molecule has 2 aliphatic rings. The quantitative estimate of drug-likeness (QED) is 0.382. The summed E-state index contributed by atoms with van der Waals surface area (Å²) in [5.74, 6) is -0.418. The van der Waals surface area contributed by atoms with Gasteiger partial charge in [-0.15, -0.1) is 27.1 Å². The van der Waals surface area contributed by atoms with Crippen LogP contribution in [0.1, 0.15) is 0 Å². The average molecular weight is 440 g/mol. The van der Waals surface area contributed by atoms with Crippen LogP contribution in [0.25, 0.3) is 0 Å². The Kier molecular flexibility index (Phi) is 5.27. The first kappa shape index (κ1) is 18.8. The summed E-state index contributed by atoms with van der Waals surface area (Å²) in [5.41, 5.74) is 8.14. The number of rotatable bonds is 7. The van der Waals surface area contributed by atoms with Crippen LogP contribution in [0.2, 0.25) is 0 Å². The van der Waals surface area contributed by atoms with Gasteiger partial charge in [0, 0.05) is 11.5 Å². The van der Waals surface area contributed by atoms with Crippen molar-refractivity contribution in [2.75, 3.05) is 11.5 Å². The van der Waals surface area contributed by atoms with Gasteiger partial charge < -0.3 is 11.1 Å². The van der Waals surface area contributed by atoms with Crippen molar-refractivity contribution in [3.8, 4) is 0 Å². The van der Waals surface area contributed by atoms with Gasteiger partial charge in [0.05, 0.1) is 0 Å². The third kappa shape index (κ3) is 3.59. The predicted octanol–water partition coefficient (Wildman–Crippen LogP) is -1.54. The molecular weight excluding hydrogens is 426 g/mol. The van der Waals surface area contributed by atoms with Gasteiger partial charge in [-0.1, -0.05) is 23.1 Å². The summed E-state index contributed by atoms with van der Waals surface area (Å²) in [6, 6.07) is -0.722. The molecule has 0 bridgehead atoms. The Bertz CT molecular complexity index is 930. The van der Waals surface area contributed by atoms with E-state index >= 15 is 0 Å². The number of tetrazole rings is 1. The van der Waals surface area contributed by atoms with E-state index in [1.807, 2.05) is 0 Å². The van der Waals surface area contributed by atoms with Crippen LogP contribution < -0.4 is 11.1 Å². The minimum Gasteiger partial charge on any atom is -0.364 e. The van der Waals surface area contributed by atoms with E-state index < -0.39 is 17.9 Å². The molecule has 3 N–H and O–H groups in total. The smallest absolute Gasteiger partial charge is 0.265 e. The van der Waals surface area contributed by atoms with Gasteiger partial charge in [0.25, 0.3) is 11.8 Å². The normalized spacial score (nSPS) is 21.3. The Morgan fingerprint density at radius 3 is 2.93 bits per heavy atom. The predicted molar refractivity (Wildman–Crippen MR) is 99.7 cm³/mol. The van der Waals surface area contributed by atoms with Gasteiger partial charge in [0.15, 0.2) is 4.34 Å². The zero-order valence-electron chi connectivity index (χ0n) is 14.1. The molecule has 0 radical (unpaired) electrons. The second-order valence-corrected chi connectivity index (χ2v) is 8.93. The molecule has 1 saturated heterocycles. The van der Waals surface area contributed by atoms with Crippen LogP contribution in [0.3, 0.4) is 0 Å². The molecule has 2 aliphatic heterocycles. The molecule has 28 heavy (non-hydrogen) atoms. The summed E-state index contributed by atoms with van der Waals surface area (Å²) in [6.45, 7) is -0.101. The number of nitrogens with two attached hydrogens (primary N) is 1. The molecule has 0 unspecified atom stereocenters. The third-order valence-electron chi connectivity index (χ3n) is 4.00. The first-order valence-electron chi connectivity index (χ1n) is 7.90. The number of amides is 3. The number of aromatic nitrogens is 6. The fourth-order valence-electron chi connectivity index (χ4n) is 2.83. The van der Waals surface area contributed by atoms with Crippen LogP contribution in [-0.2, 0) is 20.9 Å². The minimum absolute atomic E-state index is 0.101. The molecule has 0 aromatic carbocycles. The molecule has 2 aromatic heterocycles. The lowest BCUT2D eigenvalue weighted by Gasteiger charge is -2.49. The van der Waals surface area contributed by atoms with E-state index in [0.717, 1.165) is 9.91 Å². The molecule has 3 amide bonds. The molecule has 1 fully saturated rings. The van der Waals surface area contributed by atoms with Crippen LogP contribution in [0.15, 0.2) is 27.4 Å². The van der Waals surface area contributed by atoms with Crippen molar-refractivity contribution in [2.24, 2.45) is 5.73 Å². The third-order valence-corrected chi connectivity index (χ3v) is 7.29. The molecule has 2 atom stereocenters. The molecule has 4 heterocycles. The summed E-state index contributed by atoms with van der Waals surface area (Å²) in [5, 5.41) is 20.5. The minimum atomic E-state index is -0.722. The van der Waals surface area contributed by atoms with Gasteiger partial charge in [-0.05, 0) is 16.0 Å². The number of hydrogen-bond donors (Lipinski definition) is 2. The zero-order valence-corrected chi connectivity index (χ0v) is 16.5. The van der Waals surface area contributed by atoms with Crippen LogP contribution >= 0.6 is 34.9 Å². The fourth-order valence-corrected chi connectivity index (χ4v) is 5.80. The monoisotopic (exact) mass is 439 g/mol. The molecule has 4 rings (SSSR count).